The molecule has 3 rings (SSSR count). The van der Waals surface area contributed by atoms with Crippen molar-refractivity contribution >= 4 is 24.0 Å². The van der Waals surface area contributed by atoms with E-state index in [-0.39, 0.29) is 35.1 Å². The molecule has 0 saturated carbocycles. The molecule has 0 nitrogen and oxygen atoms in total. The van der Waals surface area contributed by atoms with Crippen LogP contribution in [0.3, 0.4) is 0 Å². The van der Waals surface area contributed by atoms with Crippen molar-refractivity contribution in [3.05, 3.63) is 59.2 Å². The average Bonchev–Trinajstić information content (AvgIpc) is 2.96. The Morgan fingerprint density at radius 1 is 1.04 bits per heavy atom. The molecule has 0 aromatic heterocycles. The van der Waals surface area contributed by atoms with Gasteiger partial charge in [0.15, 0.2) is 0 Å². The van der Waals surface area contributed by atoms with Crippen LogP contribution in [0.15, 0.2) is 53.1 Å². The molecule has 1 aliphatic rings. The summed E-state index contributed by atoms with van der Waals surface area (Å²) in [5.41, 5.74) is 4.39. The third kappa shape index (κ3) is 4.73. The van der Waals surface area contributed by atoms with E-state index in [1.165, 1.54) is 32.8 Å². The molecule has 2 aromatic rings. The molecular weight excluding hydrogens is 331 g/mol. The minimum atomic E-state index is 0. The summed E-state index contributed by atoms with van der Waals surface area (Å²) in [5, 5.41) is 4.26. The van der Waals surface area contributed by atoms with Gasteiger partial charge in [-0.25, -0.2) is 5.57 Å². The first-order valence-electron chi connectivity index (χ1n) is 7.85. The molecule has 120 valence electrons. The molecule has 0 N–H and O–H groups in total. The molecule has 1 aliphatic carbocycles. The second kappa shape index (κ2) is 8.02. The number of hydrogen-bond acceptors (Lipinski definition) is 0. The number of benzene rings is 1. The normalized spacial score (nSPS) is 16.1. The Morgan fingerprint density at radius 3 is 2.04 bits per heavy atom. The number of rotatable bonds is 1. The van der Waals surface area contributed by atoms with Crippen molar-refractivity contribution in [2.24, 2.45) is 5.41 Å². The minimum Gasteiger partial charge on any atom is -0.263 e. The maximum Gasteiger partial charge on any atom is 2.00 e. The molecule has 0 spiro atoms. The molecule has 0 saturated heterocycles. The SMILES string of the molecule is CC1=[C-]C(C)(C)C(C)=C1C.CP(C)c1cc2ccccc2[cH-]1.[Ti+2]. The second-order valence-electron chi connectivity index (χ2n) is 6.86. The molecule has 0 radical (unpaired) electrons. The minimum absolute atomic E-state index is 0. The smallest absolute Gasteiger partial charge is 0.263 e. The van der Waals surface area contributed by atoms with Gasteiger partial charge in [-0.2, -0.15) is 17.2 Å². The molecule has 0 aliphatic heterocycles. The predicted octanol–water partition coefficient (Wildman–Crippen LogP) is 6.04. The molecule has 0 heterocycles. The van der Waals surface area contributed by atoms with Gasteiger partial charge in [-0.05, 0) is 13.3 Å². The Labute approximate surface area is 158 Å². The van der Waals surface area contributed by atoms with Crippen LogP contribution in [-0.4, -0.2) is 13.3 Å². The fourth-order valence-corrected chi connectivity index (χ4v) is 3.59. The zero-order valence-electron chi connectivity index (χ0n) is 15.4. The topological polar surface area (TPSA) is 0 Å². The standard InChI is InChI=1S/C11H12P.C10H15.Ti/c1-12(2)11-7-9-5-3-4-6-10(9)8-11;1-7-6-10(4,5)9(3)8(7)2;/h3-8H,1-2H3;1-5H3;/q2*-1;+2. The molecule has 2 heteroatoms. The van der Waals surface area contributed by atoms with Crippen LogP contribution in [0.2, 0.25) is 0 Å². The van der Waals surface area contributed by atoms with Crippen molar-refractivity contribution in [2.75, 3.05) is 13.3 Å². The van der Waals surface area contributed by atoms with Crippen molar-refractivity contribution in [3.63, 3.8) is 0 Å². The summed E-state index contributed by atoms with van der Waals surface area (Å²) in [7, 11) is 0.0576. The monoisotopic (exact) mass is 358 g/mol. The van der Waals surface area contributed by atoms with Crippen molar-refractivity contribution in [1.29, 1.82) is 0 Å². The van der Waals surface area contributed by atoms with Crippen molar-refractivity contribution in [1.82, 2.24) is 0 Å². The number of allylic oxidation sites excluding steroid dienone is 4. The van der Waals surface area contributed by atoms with Crippen LogP contribution in [0.25, 0.3) is 10.8 Å². The van der Waals surface area contributed by atoms with Gasteiger partial charge >= 0.3 is 21.7 Å². The summed E-state index contributed by atoms with van der Waals surface area (Å²) in [4.78, 5) is 0. The molecular formula is C21H27PTi. The predicted molar refractivity (Wildman–Crippen MR) is 103 cm³/mol. The molecule has 23 heavy (non-hydrogen) atoms. The summed E-state index contributed by atoms with van der Waals surface area (Å²) < 4.78 is 0. The third-order valence-electron chi connectivity index (χ3n) is 4.68. The Bertz CT molecular complexity index is 696. The zero-order chi connectivity index (χ0) is 16.5. The third-order valence-corrected chi connectivity index (χ3v) is 5.97. The van der Waals surface area contributed by atoms with E-state index in [0.29, 0.717) is 0 Å². The van der Waals surface area contributed by atoms with Crippen LogP contribution in [-0.2, 0) is 21.7 Å². The maximum absolute atomic E-state index is 3.44. The van der Waals surface area contributed by atoms with E-state index >= 15 is 0 Å². The van der Waals surface area contributed by atoms with Gasteiger partial charge in [-0.15, -0.1) is 55.2 Å². The van der Waals surface area contributed by atoms with Crippen molar-refractivity contribution in [3.8, 4) is 0 Å². The summed E-state index contributed by atoms with van der Waals surface area (Å²) in [6.45, 7) is 15.5. The van der Waals surface area contributed by atoms with E-state index in [1.807, 2.05) is 0 Å². The van der Waals surface area contributed by atoms with Gasteiger partial charge in [0.25, 0.3) is 0 Å². The molecule has 0 bridgehead atoms. The summed E-state index contributed by atoms with van der Waals surface area (Å²) in [6.07, 6.45) is 3.44. The quantitative estimate of drug-likeness (QED) is 0.331. The summed E-state index contributed by atoms with van der Waals surface area (Å²) in [6, 6.07) is 13.2. The maximum atomic E-state index is 3.44. The fourth-order valence-electron chi connectivity index (χ4n) is 2.80. The second-order valence-corrected chi connectivity index (χ2v) is 9.17. The van der Waals surface area contributed by atoms with Gasteiger partial charge < -0.3 is 0 Å². The van der Waals surface area contributed by atoms with Gasteiger partial charge in [0.2, 0.25) is 0 Å². The van der Waals surface area contributed by atoms with Crippen LogP contribution >= 0.6 is 7.92 Å². The first-order chi connectivity index (χ1) is 10.2. The van der Waals surface area contributed by atoms with E-state index in [1.54, 1.807) is 0 Å². The molecule has 2 aromatic carbocycles. The first kappa shape index (κ1) is 20.5. The largest absolute Gasteiger partial charge is 2.00 e. The van der Waals surface area contributed by atoms with Crippen LogP contribution in [0.4, 0.5) is 0 Å². The van der Waals surface area contributed by atoms with Gasteiger partial charge in [-0.3, -0.25) is 6.08 Å². The zero-order valence-corrected chi connectivity index (χ0v) is 17.9. The molecule has 0 fully saturated rings. The average molecular weight is 358 g/mol. The summed E-state index contributed by atoms with van der Waals surface area (Å²) >= 11 is 0. The van der Waals surface area contributed by atoms with E-state index < -0.39 is 0 Å². The molecule has 0 unspecified atom stereocenters. The number of fused-ring (bicyclic) bond motifs is 1. The van der Waals surface area contributed by atoms with Crippen LogP contribution < -0.4 is 5.30 Å². The number of hydrogen-bond donors (Lipinski definition) is 0. The van der Waals surface area contributed by atoms with E-state index in [0.717, 1.165) is 0 Å². The van der Waals surface area contributed by atoms with Crippen LogP contribution in [0, 0.1) is 11.5 Å². The van der Waals surface area contributed by atoms with Gasteiger partial charge in [0, 0.05) is 0 Å². The van der Waals surface area contributed by atoms with Gasteiger partial charge in [0.1, 0.15) is 0 Å². The van der Waals surface area contributed by atoms with Gasteiger partial charge in [0.05, 0.1) is 0 Å². The Kier molecular flexibility index (Phi) is 7.15. The first-order valence-corrected chi connectivity index (χ1v) is 10.1. The Morgan fingerprint density at radius 2 is 1.65 bits per heavy atom. The Balaban J connectivity index is 0.000000224. The van der Waals surface area contributed by atoms with Crippen LogP contribution in [0.5, 0.6) is 0 Å². The van der Waals surface area contributed by atoms with Gasteiger partial charge in [-0.1, -0.05) is 39.2 Å². The van der Waals surface area contributed by atoms with Crippen LogP contribution in [0.1, 0.15) is 34.6 Å². The molecule has 0 atom stereocenters. The fraction of sp³-hybridized carbons (Fsp3) is 0.381. The van der Waals surface area contributed by atoms with E-state index in [9.17, 15) is 0 Å². The Hall–Kier alpha value is -0.546. The molecule has 0 amide bonds. The van der Waals surface area contributed by atoms with Crippen molar-refractivity contribution < 1.29 is 21.7 Å². The van der Waals surface area contributed by atoms with E-state index in [2.05, 4.69) is 90.4 Å². The van der Waals surface area contributed by atoms with Crippen molar-refractivity contribution in [2.45, 2.75) is 34.6 Å². The summed E-state index contributed by atoms with van der Waals surface area (Å²) in [5.74, 6) is 0. The van der Waals surface area contributed by atoms with E-state index in [4.69, 9.17) is 0 Å².